The summed E-state index contributed by atoms with van der Waals surface area (Å²) in [4.78, 5) is 21.1. The molecule has 0 fully saturated rings. The Morgan fingerprint density at radius 1 is 1.23 bits per heavy atom. The number of hydrogen-bond donors (Lipinski definition) is 2. The molecule has 1 rings (SSSR count). The maximum atomic E-state index is 10.6. The second-order valence-corrected chi connectivity index (χ2v) is 2.81. The molecule has 4 heteroatoms. The lowest BCUT2D eigenvalue weighted by atomic mass is 9.84. The molecule has 2 atom stereocenters. The first-order chi connectivity index (χ1) is 5.63. The minimum atomic E-state index is -1.06. The minimum Gasteiger partial charge on any atom is -0.481 e. The molecule has 1 aliphatic carbocycles. The molecule has 74 valence electrons. The van der Waals surface area contributed by atoms with Gasteiger partial charge in [0.2, 0.25) is 0 Å². The van der Waals surface area contributed by atoms with E-state index in [-0.39, 0.29) is 7.43 Å². The van der Waals surface area contributed by atoms with Crippen LogP contribution in [0.4, 0.5) is 0 Å². The van der Waals surface area contributed by atoms with E-state index in [4.69, 9.17) is 10.2 Å². The summed E-state index contributed by atoms with van der Waals surface area (Å²) in [6.07, 6.45) is 4.26. The van der Waals surface area contributed by atoms with Crippen LogP contribution in [0.15, 0.2) is 12.2 Å². The first kappa shape index (κ1) is 11.7. The van der Waals surface area contributed by atoms with Gasteiger partial charge in [-0.3, -0.25) is 9.59 Å². The number of carboxylic acids is 2. The number of carboxylic acid groups (broad SMARTS) is 2. The molecule has 0 aromatic heterocycles. The largest absolute Gasteiger partial charge is 0.481 e. The van der Waals surface area contributed by atoms with Crippen LogP contribution in [-0.4, -0.2) is 22.2 Å². The summed E-state index contributed by atoms with van der Waals surface area (Å²) < 4.78 is 0. The maximum absolute atomic E-state index is 10.6. The summed E-state index contributed by atoms with van der Waals surface area (Å²) in [6, 6.07) is 0. The molecule has 1 aliphatic rings. The van der Waals surface area contributed by atoms with Gasteiger partial charge in [0.1, 0.15) is 0 Å². The lowest BCUT2D eigenvalue weighted by Gasteiger charge is -2.19. The third-order valence-corrected chi connectivity index (χ3v) is 2.02. The number of hydrogen-bond acceptors (Lipinski definition) is 2. The summed E-state index contributed by atoms with van der Waals surface area (Å²) in [5, 5.41) is 17.3. The number of rotatable bonds is 2. The highest BCUT2D eigenvalue weighted by molar-refractivity contribution is 5.81. The van der Waals surface area contributed by atoms with Gasteiger partial charge in [-0.05, 0) is 12.8 Å². The Hall–Kier alpha value is -1.32. The van der Waals surface area contributed by atoms with Crippen molar-refractivity contribution in [3.63, 3.8) is 0 Å². The molecule has 0 aliphatic heterocycles. The zero-order chi connectivity index (χ0) is 9.14. The van der Waals surface area contributed by atoms with Crippen LogP contribution in [0, 0.1) is 11.8 Å². The molecule has 0 amide bonds. The summed E-state index contributed by atoms with van der Waals surface area (Å²) in [5.41, 5.74) is 0. The summed E-state index contributed by atoms with van der Waals surface area (Å²) in [7, 11) is 0. The molecule has 0 saturated carbocycles. The molecule has 4 nitrogen and oxygen atoms in total. The Kier molecular flexibility index (Phi) is 4.17. The third kappa shape index (κ3) is 2.57. The van der Waals surface area contributed by atoms with Crippen LogP contribution in [0.1, 0.15) is 20.3 Å². The van der Waals surface area contributed by atoms with Crippen LogP contribution in [0.2, 0.25) is 0 Å². The van der Waals surface area contributed by atoms with Gasteiger partial charge in [0.15, 0.2) is 0 Å². The van der Waals surface area contributed by atoms with Crippen LogP contribution >= 0.6 is 0 Å². The Morgan fingerprint density at radius 3 is 2.23 bits per heavy atom. The predicted octanol–water partition coefficient (Wildman–Crippen LogP) is 1.37. The van der Waals surface area contributed by atoms with Crippen molar-refractivity contribution in [1.29, 1.82) is 0 Å². The molecule has 0 heterocycles. The molecule has 0 bridgehead atoms. The van der Waals surface area contributed by atoms with Gasteiger partial charge in [-0.15, -0.1) is 0 Å². The van der Waals surface area contributed by atoms with Crippen molar-refractivity contribution in [3.8, 4) is 0 Å². The second kappa shape index (κ2) is 4.64. The monoisotopic (exact) mass is 186 g/mol. The Bertz CT molecular complexity index is 232. The zero-order valence-electron chi connectivity index (χ0n) is 6.43. The van der Waals surface area contributed by atoms with Gasteiger partial charge < -0.3 is 10.2 Å². The van der Waals surface area contributed by atoms with E-state index in [1.165, 1.54) is 6.08 Å². The van der Waals surface area contributed by atoms with Crippen molar-refractivity contribution in [1.82, 2.24) is 0 Å². The molecule has 0 spiro atoms. The van der Waals surface area contributed by atoms with Gasteiger partial charge in [-0.2, -0.15) is 0 Å². The lowest BCUT2D eigenvalue weighted by molar-refractivity contribution is -0.152. The Morgan fingerprint density at radius 2 is 1.85 bits per heavy atom. The van der Waals surface area contributed by atoms with E-state index in [9.17, 15) is 9.59 Å². The Balaban J connectivity index is 0.00000144. The van der Waals surface area contributed by atoms with Crippen molar-refractivity contribution < 1.29 is 19.8 Å². The van der Waals surface area contributed by atoms with E-state index in [1.807, 2.05) is 0 Å². The first-order valence-corrected chi connectivity index (χ1v) is 3.75. The van der Waals surface area contributed by atoms with Crippen molar-refractivity contribution in [2.45, 2.75) is 20.3 Å². The molecule has 0 aromatic rings. The second-order valence-electron chi connectivity index (χ2n) is 2.81. The smallest absolute Gasteiger partial charge is 0.311 e. The molecular formula is C9H14O4. The van der Waals surface area contributed by atoms with Crippen LogP contribution in [-0.2, 0) is 9.59 Å². The summed E-state index contributed by atoms with van der Waals surface area (Å²) >= 11 is 0. The average molecular weight is 186 g/mol. The standard InChI is InChI=1S/C8H10O4.CH4/c9-7(10)5-3-1-2-4-6(5)8(11)12;/h1,3,5-6H,2,4H2,(H,9,10)(H,11,12);1H4. The fourth-order valence-electron chi connectivity index (χ4n) is 1.36. The van der Waals surface area contributed by atoms with Crippen molar-refractivity contribution >= 4 is 11.9 Å². The number of allylic oxidation sites excluding steroid dienone is 1. The van der Waals surface area contributed by atoms with Crippen molar-refractivity contribution in [2.75, 3.05) is 0 Å². The van der Waals surface area contributed by atoms with E-state index in [1.54, 1.807) is 6.08 Å². The number of aliphatic carboxylic acids is 2. The topological polar surface area (TPSA) is 74.6 Å². The molecule has 2 unspecified atom stereocenters. The summed E-state index contributed by atoms with van der Waals surface area (Å²) in [6.45, 7) is 0. The number of carbonyl (C=O) groups is 2. The van der Waals surface area contributed by atoms with Gasteiger partial charge in [0.05, 0.1) is 11.8 Å². The van der Waals surface area contributed by atoms with Gasteiger partial charge in [0, 0.05) is 0 Å². The highest BCUT2D eigenvalue weighted by atomic mass is 16.4. The van der Waals surface area contributed by atoms with Crippen LogP contribution in [0.5, 0.6) is 0 Å². The first-order valence-electron chi connectivity index (χ1n) is 3.75. The van der Waals surface area contributed by atoms with Crippen molar-refractivity contribution in [3.05, 3.63) is 12.2 Å². The van der Waals surface area contributed by atoms with E-state index >= 15 is 0 Å². The van der Waals surface area contributed by atoms with E-state index in [0.29, 0.717) is 12.8 Å². The maximum Gasteiger partial charge on any atom is 0.311 e. The van der Waals surface area contributed by atoms with Crippen molar-refractivity contribution in [2.24, 2.45) is 11.8 Å². The molecule has 13 heavy (non-hydrogen) atoms. The quantitative estimate of drug-likeness (QED) is 0.639. The highest BCUT2D eigenvalue weighted by Gasteiger charge is 2.32. The Labute approximate surface area is 76.9 Å². The zero-order valence-corrected chi connectivity index (χ0v) is 6.43. The van der Waals surface area contributed by atoms with Gasteiger partial charge in [0.25, 0.3) is 0 Å². The van der Waals surface area contributed by atoms with Gasteiger partial charge in [-0.25, -0.2) is 0 Å². The van der Waals surface area contributed by atoms with Gasteiger partial charge in [-0.1, -0.05) is 19.6 Å². The lowest BCUT2D eigenvalue weighted by Crippen LogP contribution is -2.30. The minimum absolute atomic E-state index is 0. The molecule has 2 N–H and O–H groups in total. The fourth-order valence-corrected chi connectivity index (χ4v) is 1.36. The fraction of sp³-hybridized carbons (Fsp3) is 0.556. The predicted molar refractivity (Wildman–Crippen MR) is 47.4 cm³/mol. The normalized spacial score (nSPS) is 26.2. The van der Waals surface area contributed by atoms with Crippen LogP contribution in [0.3, 0.4) is 0 Å². The molecule has 0 saturated heterocycles. The third-order valence-electron chi connectivity index (χ3n) is 2.02. The summed E-state index contributed by atoms with van der Waals surface area (Å²) in [5.74, 6) is -3.69. The average Bonchev–Trinajstić information content (AvgIpc) is 2.04. The van der Waals surface area contributed by atoms with Crippen LogP contribution < -0.4 is 0 Å². The highest BCUT2D eigenvalue weighted by Crippen LogP contribution is 2.24. The van der Waals surface area contributed by atoms with E-state index in [0.717, 1.165) is 0 Å². The molecular weight excluding hydrogens is 172 g/mol. The SMILES string of the molecule is C.O=C(O)C1C=CCCC1C(=O)O. The van der Waals surface area contributed by atoms with Crippen LogP contribution in [0.25, 0.3) is 0 Å². The molecule has 0 aromatic carbocycles. The van der Waals surface area contributed by atoms with E-state index in [2.05, 4.69) is 0 Å². The molecule has 0 radical (unpaired) electrons. The van der Waals surface area contributed by atoms with E-state index < -0.39 is 23.8 Å². The van der Waals surface area contributed by atoms with Gasteiger partial charge >= 0.3 is 11.9 Å².